The Morgan fingerprint density at radius 3 is 2.68 bits per heavy atom. The molecule has 0 bridgehead atoms. The molecule has 2 aromatic rings. The highest BCUT2D eigenvalue weighted by molar-refractivity contribution is 7.98. The molecular weight excluding hydrogens is 261 g/mol. The lowest BCUT2D eigenvalue weighted by Gasteiger charge is -2.09. The van der Waals surface area contributed by atoms with Crippen molar-refractivity contribution in [1.29, 1.82) is 0 Å². The van der Waals surface area contributed by atoms with E-state index in [2.05, 4.69) is 0 Å². The Morgan fingerprint density at radius 1 is 1.21 bits per heavy atom. The first-order chi connectivity index (χ1) is 9.13. The number of nitrogens with two attached hydrogens (primary N) is 1. The molecule has 0 heterocycles. The number of aryl methyl sites for hydroxylation is 1. The van der Waals surface area contributed by atoms with Crippen LogP contribution in [0.3, 0.4) is 0 Å². The summed E-state index contributed by atoms with van der Waals surface area (Å²) in [6.07, 6.45) is 0. The molecule has 0 aromatic heterocycles. The second-order valence-corrected chi connectivity index (χ2v) is 5.23. The topological polar surface area (TPSA) is 35.2 Å². The number of halogens is 1. The van der Waals surface area contributed by atoms with Gasteiger partial charge in [0.15, 0.2) is 11.6 Å². The lowest BCUT2D eigenvalue weighted by Crippen LogP contribution is -1.95. The quantitative estimate of drug-likeness (QED) is 0.677. The minimum atomic E-state index is -0.302. The van der Waals surface area contributed by atoms with Gasteiger partial charge >= 0.3 is 0 Å². The SMILES string of the molecule is COc1cccc(CSc2cccc(C)c2N)c1F. The van der Waals surface area contributed by atoms with Crippen LogP contribution in [-0.4, -0.2) is 7.11 Å². The van der Waals surface area contributed by atoms with Crippen molar-refractivity contribution < 1.29 is 9.13 Å². The van der Waals surface area contributed by atoms with Crippen LogP contribution in [0.4, 0.5) is 10.1 Å². The summed E-state index contributed by atoms with van der Waals surface area (Å²) in [7, 11) is 1.47. The molecule has 0 radical (unpaired) electrons. The van der Waals surface area contributed by atoms with Crippen molar-refractivity contribution in [2.45, 2.75) is 17.6 Å². The number of para-hydroxylation sites is 1. The maximum absolute atomic E-state index is 14.0. The number of ether oxygens (including phenoxy) is 1. The van der Waals surface area contributed by atoms with E-state index >= 15 is 0 Å². The second-order valence-electron chi connectivity index (χ2n) is 4.21. The molecule has 0 unspecified atom stereocenters. The lowest BCUT2D eigenvalue weighted by atomic mass is 10.2. The number of benzene rings is 2. The van der Waals surface area contributed by atoms with E-state index in [1.54, 1.807) is 18.2 Å². The minimum absolute atomic E-state index is 0.273. The summed E-state index contributed by atoms with van der Waals surface area (Å²) in [5, 5.41) is 0. The van der Waals surface area contributed by atoms with Gasteiger partial charge in [-0.2, -0.15) is 0 Å². The Balaban J connectivity index is 2.17. The average molecular weight is 277 g/mol. The fourth-order valence-corrected chi connectivity index (χ4v) is 2.79. The van der Waals surface area contributed by atoms with Crippen LogP contribution in [0.5, 0.6) is 5.75 Å². The van der Waals surface area contributed by atoms with Gasteiger partial charge in [-0.3, -0.25) is 0 Å². The number of nitrogen functional groups attached to an aromatic ring is 1. The average Bonchev–Trinajstić information content (AvgIpc) is 2.42. The first-order valence-electron chi connectivity index (χ1n) is 5.92. The van der Waals surface area contributed by atoms with Crippen LogP contribution in [0, 0.1) is 12.7 Å². The minimum Gasteiger partial charge on any atom is -0.494 e. The molecule has 0 atom stereocenters. The van der Waals surface area contributed by atoms with E-state index in [1.807, 2.05) is 25.1 Å². The molecule has 100 valence electrons. The molecule has 4 heteroatoms. The van der Waals surface area contributed by atoms with Gasteiger partial charge in [-0.15, -0.1) is 11.8 Å². The van der Waals surface area contributed by atoms with Crippen LogP contribution in [0.2, 0.25) is 0 Å². The highest BCUT2D eigenvalue weighted by Crippen LogP contribution is 2.32. The number of methoxy groups -OCH3 is 1. The third-order valence-electron chi connectivity index (χ3n) is 2.93. The predicted octanol–water partition coefficient (Wildman–Crippen LogP) is 4.02. The maximum atomic E-state index is 14.0. The fourth-order valence-electron chi connectivity index (χ4n) is 1.76. The van der Waals surface area contributed by atoms with Crippen molar-refractivity contribution in [2.75, 3.05) is 12.8 Å². The second kappa shape index (κ2) is 5.97. The molecule has 2 N–H and O–H groups in total. The van der Waals surface area contributed by atoms with E-state index in [-0.39, 0.29) is 11.6 Å². The Bertz CT molecular complexity index is 586. The van der Waals surface area contributed by atoms with Crippen molar-refractivity contribution in [1.82, 2.24) is 0 Å². The number of hydrogen-bond donors (Lipinski definition) is 1. The van der Waals surface area contributed by atoms with Gasteiger partial charge in [0.2, 0.25) is 0 Å². The molecule has 2 aromatic carbocycles. The van der Waals surface area contributed by atoms with Crippen LogP contribution in [-0.2, 0) is 5.75 Å². The Labute approximate surface area is 116 Å². The van der Waals surface area contributed by atoms with E-state index in [9.17, 15) is 4.39 Å². The van der Waals surface area contributed by atoms with Gasteiger partial charge in [0.05, 0.1) is 7.11 Å². The third-order valence-corrected chi connectivity index (χ3v) is 4.05. The van der Waals surface area contributed by atoms with Crippen molar-refractivity contribution in [2.24, 2.45) is 0 Å². The van der Waals surface area contributed by atoms with E-state index in [0.717, 1.165) is 16.1 Å². The highest BCUT2D eigenvalue weighted by Gasteiger charge is 2.09. The van der Waals surface area contributed by atoms with Gasteiger partial charge < -0.3 is 10.5 Å². The first kappa shape index (κ1) is 13.7. The molecule has 0 spiro atoms. The summed E-state index contributed by atoms with van der Waals surface area (Å²) < 4.78 is 19.0. The lowest BCUT2D eigenvalue weighted by molar-refractivity contribution is 0.385. The van der Waals surface area contributed by atoms with Crippen LogP contribution in [0.1, 0.15) is 11.1 Å². The molecule has 0 fully saturated rings. The number of hydrogen-bond acceptors (Lipinski definition) is 3. The Morgan fingerprint density at radius 2 is 1.95 bits per heavy atom. The third kappa shape index (κ3) is 3.01. The molecule has 0 aliphatic heterocycles. The van der Waals surface area contributed by atoms with Gasteiger partial charge in [-0.25, -0.2) is 4.39 Å². The summed E-state index contributed by atoms with van der Waals surface area (Å²) >= 11 is 1.53. The summed E-state index contributed by atoms with van der Waals surface area (Å²) in [4.78, 5) is 0.974. The zero-order valence-corrected chi connectivity index (χ0v) is 11.8. The number of anilines is 1. The molecule has 0 saturated carbocycles. The molecule has 2 rings (SSSR count). The first-order valence-corrected chi connectivity index (χ1v) is 6.91. The van der Waals surface area contributed by atoms with Gasteiger partial charge in [-0.05, 0) is 24.6 Å². The zero-order valence-electron chi connectivity index (χ0n) is 10.9. The van der Waals surface area contributed by atoms with E-state index in [1.165, 1.54) is 18.9 Å². The standard InChI is InChI=1S/C15H16FNOS/c1-10-5-3-8-13(15(10)17)19-9-11-6-4-7-12(18-2)14(11)16/h3-8H,9,17H2,1-2H3. The van der Waals surface area contributed by atoms with Gasteiger partial charge in [0, 0.05) is 21.9 Å². The van der Waals surface area contributed by atoms with Crippen molar-refractivity contribution >= 4 is 17.4 Å². The fraction of sp³-hybridized carbons (Fsp3) is 0.200. The van der Waals surface area contributed by atoms with Crippen LogP contribution in [0.25, 0.3) is 0 Å². The summed E-state index contributed by atoms with van der Waals surface area (Å²) in [6.45, 7) is 1.96. The van der Waals surface area contributed by atoms with Crippen molar-refractivity contribution in [3.63, 3.8) is 0 Å². The summed E-state index contributed by atoms with van der Waals surface area (Å²) in [5.74, 6) is 0.496. The molecule has 0 aliphatic rings. The van der Waals surface area contributed by atoms with Crippen LogP contribution >= 0.6 is 11.8 Å². The predicted molar refractivity (Wildman–Crippen MR) is 78.1 cm³/mol. The Kier molecular flexibility index (Phi) is 4.32. The molecule has 0 amide bonds. The van der Waals surface area contributed by atoms with E-state index in [0.29, 0.717) is 11.3 Å². The zero-order chi connectivity index (χ0) is 13.8. The number of thioether (sulfide) groups is 1. The Hall–Kier alpha value is -1.68. The molecule has 0 aliphatic carbocycles. The molecule has 0 saturated heterocycles. The van der Waals surface area contributed by atoms with Gasteiger partial charge in [0.25, 0.3) is 0 Å². The van der Waals surface area contributed by atoms with Crippen LogP contribution < -0.4 is 10.5 Å². The normalized spacial score (nSPS) is 10.5. The van der Waals surface area contributed by atoms with E-state index < -0.39 is 0 Å². The smallest absolute Gasteiger partial charge is 0.169 e. The molecular formula is C15H16FNOS. The highest BCUT2D eigenvalue weighted by atomic mass is 32.2. The summed E-state index contributed by atoms with van der Waals surface area (Å²) in [5.41, 5.74) is 8.42. The van der Waals surface area contributed by atoms with Crippen LogP contribution in [0.15, 0.2) is 41.3 Å². The van der Waals surface area contributed by atoms with Gasteiger partial charge in [0.1, 0.15) is 0 Å². The summed E-state index contributed by atoms with van der Waals surface area (Å²) in [6, 6.07) is 11.0. The monoisotopic (exact) mass is 277 g/mol. The maximum Gasteiger partial charge on any atom is 0.169 e. The van der Waals surface area contributed by atoms with Crippen molar-refractivity contribution in [3.05, 3.63) is 53.3 Å². The molecule has 19 heavy (non-hydrogen) atoms. The largest absolute Gasteiger partial charge is 0.494 e. The van der Waals surface area contributed by atoms with E-state index in [4.69, 9.17) is 10.5 Å². The van der Waals surface area contributed by atoms with Crippen molar-refractivity contribution in [3.8, 4) is 5.75 Å². The molecule has 2 nitrogen and oxygen atoms in total. The number of rotatable bonds is 4. The van der Waals surface area contributed by atoms with Gasteiger partial charge in [-0.1, -0.05) is 24.3 Å².